The van der Waals surface area contributed by atoms with Crippen LogP contribution in [-0.4, -0.2) is 55.6 Å². The molecular weight excluding hydrogens is 517 g/mol. The average Bonchev–Trinajstić information content (AvgIpc) is 3.67. The lowest BCUT2D eigenvalue weighted by Crippen LogP contribution is -2.40. The Morgan fingerprint density at radius 2 is 1.95 bits per heavy atom. The first-order valence-electron chi connectivity index (χ1n) is 13.0. The van der Waals surface area contributed by atoms with Crippen molar-refractivity contribution in [3.05, 3.63) is 59.8 Å². The van der Waals surface area contributed by atoms with Crippen LogP contribution >= 0.6 is 11.3 Å². The third-order valence-electron chi connectivity index (χ3n) is 7.24. The van der Waals surface area contributed by atoms with Crippen LogP contribution in [0.1, 0.15) is 37.9 Å². The molecule has 0 spiro atoms. The Hall–Kier alpha value is -3.96. The van der Waals surface area contributed by atoms with E-state index >= 15 is 4.39 Å². The zero-order chi connectivity index (χ0) is 27.1. The molecule has 4 heterocycles. The maximum absolute atomic E-state index is 15.7. The summed E-state index contributed by atoms with van der Waals surface area (Å²) in [5, 5.41) is 11.0. The standard InChI is InChI=1S/C28H28FN7O2S/c1-16(35-12-3-4-13-35)27(38)32-19-7-10-23(21(29)14-19)36-25-20(24(34-36)18-6-5-11-30-15-18)8-9-22-26(25)39-28(33-22)31-17(2)37/h5-7,10-11,14-16H,3-4,8-9,12-13H2,1-2H3,(H,32,38)(H,31,33,37). The fraction of sp³-hybridized carbons (Fsp3) is 0.321. The lowest BCUT2D eigenvalue weighted by atomic mass is 9.95. The number of carbonyl (C=O) groups excluding carboxylic acids is 2. The Morgan fingerprint density at radius 3 is 2.67 bits per heavy atom. The van der Waals surface area contributed by atoms with Crippen LogP contribution in [0, 0.1) is 5.82 Å². The molecule has 2 aliphatic rings. The highest BCUT2D eigenvalue weighted by atomic mass is 32.1. The van der Waals surface area contributed by atoms with E-state index in [-0.39, 0.29) is 23.5 Å². The van der Waals surface area contributed by atoms with E-state index in [4.69, 9.17) is 5.10 Å². The van der Waals surface area contributed by atoms with Gasteiger partial charge in [0.15, 0.2) is 10.9 Å². The van der Waals surface area contributed by atoms with Crippen molar-refractivity contribution in [2.45, 2.75) is 45.6 Å². The molecule has 9 nitrogen and oxygen atoms in total. The van der Waals surface area contributed by atoms with Gasteiger partial charge in [-0.05, 0) is 76.0 Å². The highest BCUT2D eigenvalue weighted by Crippen LogP contribution is 2.44. The zero-order valence-electron chi connectivity index (χ0n) is 21.7. The van der Waals surface area contributed by atoms with Crippen LogP contribution in [0.25, 0.3) is 27.5 Å². The van der Waals surface area contributed by atoms with Crippen molar-refractivity contribution >= 4 is 34.0 Å². The number of pyridine rings is 1. The summed E-state index contributed by atoms with van der Waals surface area (Å²) in [6, 6.07) is 8.16. The van der Waals surface area contributed by atoms with Crippen molar-refractivity contribution in [3.63, 3.8) is 0 Å². The molecule has 1 unspecified atom stereocenters. The molecule has 1 aliphatic carbocycles. The zero-order valence-corrected chi connectivity index (χ0v) is 22.5. The minimum Gasteiger partial charge on any atom is -0.325 e. The van der Waals surface area contributed by atoms with Crippen LogP contribution in [0.2, 0.25) is 0 Å². The number of amides is 2. The summed E-state index contributed by atoms with van der Waals surface area (Å²) in [5.41, 5.74) is 4.79. The number of nitrogens with one attached hydrogen (secondary N) is 2. The molecule has 2 N–H and O–H groups in total. The monoisotopic (exact) mass is 545 g/mol. The smallest absolute Gasteiger partial charge is 0.241 e. The lowest BCUT2D eigenvalue weighted by molar-refractivity contribution is -0.120. The molecule has 0 bridgehead atoms. The van der Waals surface area contributed by atoms with Crippen LogP contribution < -0.4 is 10.6 Å². The van der Waals surface area contributed by atoms with Crippen molar-refractivity contribution in [2.24, 2.45) is 0 Å². The summed E-state index contributed by atoms with van der Waals surface area (Å²) in [5.74, 6) is -0.865. The topological polar surface area (TPSA) is 105 Å². The van der Waals surface area contributed by atoms with Crippen molar-refractivity contribution < 1.29 is 14.0 Å². The van der Waals surface area contributed by atoms with E-state index in [9.17, 15) is 9.59 Å². The lowest BCUT2D eigenvalue weighted by Gasteiger charge is -2.22. The molecule has 0 radical (unpaired) electrons. The first-order chi connectivity index (χ1) is 18.9. The molecule has 1 atom stereocenters. The van der Waals surface area contributed by atoms with Crippen molar-refractivity contribution in [2.75, 3.05) is 23.7 Å². The van der Waals surface area contributed by atoms with Crippen molar-refractivity contribution in [1.29, 1.82) is 0 Å². The van der Waals surface area contributed by atoms with Crippen LogP contribution in [0.3, 0.4) is 0 Å². The molecule has 200 valence electrons. The molecule has 4 aromatic rings. The van der Waals surface area contributed by atoms with E-state index in [1.165, 1.54) is 24.3 Å². The fourth-order valence-electron chi connectivity index (χ4n) is 5.28. The molecule has 0 saturated carbocycles. The van der Waals surface area contributed by atoms with Gasteiger partial charge in [0.25, 0.3) is 0 Å². The van der Waals surface area contributed by atoms with Gasteiger partial charge < -0.3 is 10.6 Å². The number of aryl methyl sites for hydroxylation is 1. The van der Waals surface area contributed by atoms with Gasteiger partial charge in [-0.2, -0.15) is 5.10 Å². The van der Waals surface area contributed by atoms with Gasteiger partial charge in [0.05, 0.1) is 28.0 Å². The fourth-order valence-corrected chi connectivity index (χ4v) is 6.40. The predicted octanol–water partition coefficient (Wildman–Crippen LogP) is 4.68. The maximum Gasteiger partial charge on any atom is 0.241 e. The Labute approximate surface area is 229 Å². The van der Waals surface area contributed by atoms with Crippen molar-refractivity contribution in [3.8, 4) is 27.5 Å². The van der Waals surface area contributed by atoms with E-state index in [0.717, 1.165) is 59.0 Å². The number of nitrogens with zero attached hydrogens (tertiary/aromatic N) is 5. The second-order valence-electron chi connectivity index (χ2n) is 9.88. The Balaban J connectivity index is 1.39. The highest BCUT2D eigenvalue weighted by Gasteiger charge is 2.31. The molecule has 1 aliphatic heterocycles. The van der Waals surface area contributed by atoms with Crippen LogP contribution in [-0.2, 0) is 22.4 Å². The second-order valence-corrected chi connectivity index (χ2v) is 10.9. The third-order valence-corrected chi connectivity index (χ3v) is 8.26. The molecule has 39 heavy (non-hydrogen) atoms. The first kappa shape index (κ1) is 25.3. The minimum atomic E-state index is -0.511. The first-order valence-corrected chi connectivity index (χ1v) is 13.9. The number of aromatic nitrogens is 4. The summed E-state index contributed by atoms with van der Waals surface area (Å²) in [6.45, 7) is 5.12. The number of carbonyl (C=O) groups is 2. The Morgan fingerprint density at radius 1 is 1.13 bits per heavy atom. The van der Waals surface area contributed by atoms with Gasteiger partial charge in [-0.25, -0.2) is 14.1 Å². The quantitative estimate of drug-likeness (QED) is 0.365. The van der Waals surface area contributed by atoms with Crippen molar-refractivity contribution in [1.82, 2.24) is 24.6 Å². The summed E-state index contributed by atoms with van der Waals surface area (Å²) >= 11 is 1.35. The largest absolute Gasteiger partial charge is 0.325 e. The summed E-state index contributed by atoms with van der Waals surface area (Å²) in [7, 11) is 0. The highest BCUT2D eigenvalue weighted by molar-refractivity contribution is 7.19. The number of hydrogen-bond donors (Lipinski definition) is 2. The van der Waals surface area contributed by atoms with Gasteiger partial charge in [-0.15, -0.1) is 0 Å². The number of anilines is 2. The number of fused-ring (bicyclic) bond motifs is 3. The van der Waals surface area contributed by atoms with Gasteiger partial charge in [0.1, 0.15) is 5.69 Å². The van der Waals surface area contributed by atoms with Gasteiger partial charge in [0, 0.05) is 36.1 Å². The summed E-state index contributed by atoms with van der Waals surface area (Å²) < 4.78 is 17.3. The third kappa shape index (κ3) is 4.83. The van der Waals surface area contributed by atoms with Gasteiger partial charge in [0.2, 0.25) is 11.8 Å². The van der Waals surface area contributed by atoms with Crippen LogP contribution in [0.15, 0.2) is 42.7 Å². The van der Waals surface area contributed by atoms with E-state index in [1.807, 2.05) is 19.1 Å². The van der Waals surface area contributed by atoms with E-state index in [0.29, 0.717) is 23.7 Å². The predicted molar refractivity (Wildman–Crippen MR) is 148 cm³/mol. The molecule has 6 rings (SSSR count). The molecule has 1 fully saturated rings. The van der Waals surface area contributed by atoms with E-state index in [1.54, 1.807) is 29.2 Å². The van der Waals surface area contributed by atoms with Gasteiger partial charge in [-0.1, -0.05) is 11.3 Å². The van der Waals surface area contributed by atoms with E-state index < -0.39 is 5.82 Å². The second kappa shape index (κ2) is 10.3. The van der Waals surface area contributed by atoms with Crippen LogP contribution in [0.4, 0.5) is 15.2 Å². The molecule has 1 saturated heterocycles. The SMILES string of the molecule is CC(=O)Nc1nc2c(s1)-c1c(c(-c3cccnc3)nn1-c1ccc(NC(=O)C(C)N3CCCC3)cc1F)CC2. The number of hydrogen-bond acceptors (Lipinski definition) is 7. The average molecular weight is 546 g/mol. The van der Waals surface area contributed by atoms with Gasteiger partial charge >= 0.3 is 0 Å². The Bertz CT molecular complexity index is 1560. The van der Waals surface area contributed by atoms with Gasteiger partial charge in [-0.3, -0.25) is 19.5 Å². The molecule has 11 heteroatoms. The Kier molecular flexibility index (Phi) is 6.69. The van der Waals surface area contributed by atoms with Crippen LogP contribution in [0.5, 0.6) is 0 Å². The van der Waals surface area contributed by atoms with E-state index in [2.05, 4.69) is 25.5 Å². The number of thiazole rings is 1. The molecule has 1 aromatic carbocycles. The molecule has 3 aromatic heterocycles. The molecular formula is C28H28FN7O2S. The maximum atomic E-state index is 15.7. The number of likely N-dealkylation sites (tertiary alicyclic amines) is 1. The minimum absolute atomic E-state index is 0.154. The normalized spacial score (nSPS) is 15.5. The summed E-state index contributed by atoms with van der Waals surface area (Å²) in [6.07, 6.45) is 6.97. The molecule has 2 amide bonds. The number of rotatable bonds is 6. The number of halogens is 1. The number of benzene rings is 1. The summed E-state index contributed by atoms with van der Waals surface area (Å²) in [4.78, 5) is 36.3.